The minimum Gasteiger partial charge on any atom is -0.466 e. The van der Waals surface area contributed by atoms with Gasteiger partial charge in [-0.2, -0.15) is 10.2 Å². The highest BCUT2D eigenvalue weighted by Crippen LogP contribution is 2.49. The van der Waals surface area contributed by atoms with Gasteiger partial charge in [0.15, 0.2) is 0 Å². The van der Waals surface area contributed by atoms with Crippen LogP contribution in [0.15, 0.2) is 52.2 Å². The molecule has 1 aromatic carbocycles. The largest absolute Gasteiger partial charge is 0.466 e. The van der Waals surface area contributed by atoms with E-state index < -0.39 is 11.1 Å². The second kappa shape index (κ2) is 5.19. The average molecular weight is 272 g/mol. The van der Waals surface area contributed by atoms with Crippen molar-refractivity contribution in [3.05, 3.63) is 47.5 Å². The number of methoxy groups -OCH3 is 1. The number of ether oxygens (including phenoxy) is 1. The van der Waals surface area contributed by atoms with E-state index in [1.54, 1.807) is 0 Å². The molecular formula is C16H20N2O2. The van der Waals surface area contributed by atoms with Crippen molar-refractivity contribution in [3.8, 4) is 0 Å². The van der Waals surface area contributed by atoms with Crippen molar-refractivity contribution in [1.82, 2.24) is 0 Å². The molecule has 2 rings (SSSR count). The van der Waals surface area contributed by atoms with E-state index in [0.717, 1.165) is 17.6 Å². The molecule has 0 aliphatic carbocycles. The van der Waals surface area contributed by atoms with Gasteiger partial charge in [0.05, 0.1) is 7.11 Å². The zero-order chi connectivity index (χ0) is 14.8. The number of esters is 1. The van der Waals surface area contributed by atoms with Crippen LogP contribution in [0.4, 0.5) is 0 Å². The van der Waals surface area contributed by atoms with Gasteiger partial charge >= 0.3 is 5.97 Å². The Kier molecular flexibility index (Phi) is 3.75. The van der Waals surface area contributed by atoms with E-state index in [-0.39, 0.29) is 5.97 Å². The second-order valence-electron chi connectivity index (χ2n) is 5.42. The molecular weight excluding hydrogens is 252 g/mol. The van der Waals surface area contributed by atoms with E-state index in [4.69, 9.17) is 4.74 Å². The fraction of sp³-hybridized carbons (Fsp3) is 0.438. The van der Waals surface area contributed by atoms with E-state index in [0.29, 0.717) is 0 Å². The van der Waals surface area contributed by atoms with Crippen LogP contribution < -0.4 is 0 Å². The van der Waals surface area contributed by atoms with Crippen LogP contribution in [0, 0.1) is 0 Å². The van der Waals surface area contributed by atoms with Crippen molar-refractivity contribution in [2.45, 2.75) is 38.3 Å². The quantitative estimate of drug-likeness (QED) is 0.623. The molecule has 0 spiro atoms. The third-order valence-corrected chi connectivity index (χ3v) is 3.80. The number of nitrogens with zero attached hydrogens (tertiary/aromatic N) is 2. The van der Waals surface area contributed by atoms with Crippen LogP contribution in [0.1, 0.15) is 32.8 Å². The second-order valence-corrected chi connectivity index (χ2v) is 5.42. The summed E-state index contributed by atoms with van der Waals surface area (Å²) in [6.07, 6.45) is 2.28. The molecule has 0 radical (unpaired) electrons. The van der Waals surface area contributed by atoms with Crippen molar-refractivity contribution in [2.24, 2.45) is 10.2 Å². The van der Waals surface area contributed by atoms with Gasteiger partial charge in [0.2, 0.25) is 0 Å². The molecule has 4 heteroatoms. The molecule has 20 heavy (non-hydrogen) atoms. The van der Waals surface area contributed by atoms with Crippen LogP contribution in [0.5, 0.6) is 0 Å². The summed E-state index contributed by atoms with van der Waals surface area (Å²) in [5.74, 6) is -0.367. The predicted octanol–water partition coefficient (Wildman–Crippen LogP) is 3.64. The van der Waals surface area contributed by atoms with Crippen molar-refractivity contribution < 1.29 is 9.53 Å². The summed E-state index contributed by atoms with van der Waals surface area (Å²) in [5, 5.41) is 8.91. The van der Waals surface area contributed by atoms with Crippen molar-refractivity contribution in [1.29, 1.82) is 0 Å². The number of benzene rings is 1. The first-order chi connectivity index (χ1) is 9.46. The molecule has 0 N–H and O–H groups in total. The Labute approximate surface area is 119 Å². The van der Waals surface area contributed by atoms with E-state index in [1.807, 2.05) is 44.2 Å². The minimum atomic E-state index is -0.570. The smallest absolute Gasteiger partial charge is 0.330 e. The van der Waals surface area contributed by atoms with Crippen LogP contribution in [0.3, 0.4) is 0 Å². The van der Waals surface area contributed by atoms with E-state index >= 15 is 0 Å². The van der Waals surface area contributed by atoms with Crippen LogP contribution in [0.2, 0.25) is 0 Å². The average Bonchev–Trinajstić information content (AvgIpc) is 2.72. The first kappa shape index (κ1) is 14.4. The standard InChI is InChI=1S/C16H20N2O2/c1-5-16(12-9-7-6-8-10-12)13(11-14(19)20-4)15(2,3)17-18-16/h6-11H,5H2,1-4H3/b13-11+. The van der Waals surface area contributed by atoms with Crippen molar-refractivity contribution in [3.63, 3.8) is 0 Å². The molecule has 1 aliphatic heterocycles. The molecule has 1 unspecified atom stereocenters. The molecule has 1 aliphatic rings. The monoisotopic (exact) mass is 272 g/mol. The summed E-state index contributed by atoms with van der Waals surface area (Å²) in [5.41, 5.74) is 0.858. The van der Waals surface area contributed by atoms with Crippen molar-refractivity contribution in [2.75, 3.05) is 7.11 Å². The van der Waals surface area contributed by atoms with Gasteiger partial charge in [-0.15, -0.1) is 0 Å². The molecule has 0 aromatic heterocycles. The number of hydrogen-bond acceptors (Lipinski definition) is 4. The van der Waals surface area contributed by atoms with Crippen LogP contribution >= 0.6 is 0 Å². The summed E-state index contributed by atoms with van der Waals surface area (Å²) in [6.45, 7) is 5.98. The maximum absolute atomic E-state index is 11.7. The van der Waals surface area contributed by atoms with Gasteiger partial charge in [-0.3, -0.25) is 0 Å². The molecule has 0 saturated heterocycles. The van der Waals surface area contributed by atoms with Crippen molar-refractivity contribution >= 4 is 5.97 Å². The first-order valence-electron chi connectivity index (χ1n) is 6.76. The van der Waals surface area contributed by atoms with Gasteiger partial charge in [0.1, 0.15) is 11.1 Å². The summed E-state index contributed by atoms with van der Waals surface area (Å²) >= 11 is 0. The number of azo groups is 1. The SMILES string of the molecule is CCC1(c2ccccc2)N=NC(C)(C)/C1=C\C(=O)OC. The Balaban J connectivity index is 2.60. The van der Waals surface area contributed by atoms with Crippen LogP contribution in [-0.2, 0) is 15.1 Å². The summed E-state index contributed by atoms with van der Waals surface area (Å²) in [4.78, 5) is 11.7. The van der Waals surface area contributed by atoms with E-state index in [1.165, 1.54) is 13.2 Å². The van der Waals surface area contributed by atoms with Crippen LogP contribution in [-0.4, -0.2) is 18.6 Å². The van der Waals surface area contributed by atoms with Crippen LogP contribution in [0.25, 0.3) is 0 Å². The molecule has 4 nitrogen and oxygen atoms in total. The third kappa shape index (κ3) is 2.26. The normalized spacial score (nSPS) is 25.9. The molecule has 0 bridgehead atoms. The highest BCUT2D eigenvalue weighted by atomic mass is 16.5. The maximum atomic E-state index is 11.7. The Bertz CT molecular complexity index is 561. The Hall–Kier alpha value is -1.97. The van der Waals surface area contributed by atoms with Gasteiger partial charge in [0.25, 0.3) is 0 Å². The Morgan fingerprint density at radius 3 is 2.45 bits per heavy atom. The number of carbonyl (C=O) groups excluding carboxylic acids is 1. The maximum Gasteiger partial charge on any atom is 0.330 e. The van der Waals surface area contributed by atoms with Gasteiger partial charge in [-0.05, 0) is 31.4 Å². The molecule has 1 atom stereocenters. The highest BCUT2D eigenvalue weighted by Gasteiger charge is 2.47. The molecule has 0 amide bonds. The number of carbonyl (C=O) groups is 1. The zero-order valence-electron chi connectivity index (χ0n) is 12.4. The number of hydrogen-bond donors (Lipinski definition) is 0. The van der Waals surface area contributed by atoms with E-state index in [9.17, 15) is 4.79 Å². The summed E-state index contributed by atoms with van der Waals surface area (Å²) in [6, 6.07) is 9.96. The lowest BCUT2D eigenvalue weighted by atomic mass is 9.74. The van der Waals surface area contributed by atoms with Gasteiger partial charge < -0.3 is 4.74 Å². The summed E-state index contributed by atoms with van der Waals surface area (Å²) < 4.78 is 4.78. The predicted molar refractivity (Wildman–Crippen MR) is 77.4 cm³/mol. The Morgan fingerprint density at radius 2 is 1.90 bits per heavy atom. The zero-order valence-corrected chi connectivity index (χ0v) is 12.4. The van der Waals surface area contributed by atoms with Gasteiger partial charge in [-0.25, -0.2) is 4.79 Å². The molecule has 0 saturated carbocycles. The molecule has 1 heterocycles. The van der Waals surface area contributed by atoms with Gasteiger partial charge in [-0.1, -0.05) is 37.3 Å². The highest BCUT2D eigenvalue weighted by molar-refractivity contribution is 5.84. The lowest BCUT2D eigenvalue weighted by Gasteiger charge is -2.30. The van der Waals surface area contributed by atoms with E-state index in [2.05, 4.69) is 17.2 Å². The molecule has 106 valence electrons. The minimum absolute atomic E-state index is 0.367. The first-order valence-corrected chi connectivity index (χ1v) is 6.76. The third-order valence-electron chi connectivity index (χ3n) is 3.80. The summed E-state index contributed by atoms with van der Waals surface area (Å²) in [7, 11) is 1.38. The number of rotatable bonds is 3. The topological polar surface area (TPSA) is 51.0 Å². The lowest BCUT2D eigenvalue weighted by molar-refractivity contribution is -0.135. The molecule has 1 aromatic rings. The lowest BCUT2D eigenvalue weighted by Crippen LogP contribution is -2.31. The molecule has 0 fully saturated rings. The fourth-order valence-corrected chi connectivity index (χ4v) is 2.69. The van der Waals surface area contributed by atoms with Gasteiger partial charge in [0, 0.05) is 6.08 Å². The fourth-order valence-electron chi connectivity index (χ4n) is 2.69. The Morgan fingerprint density at radius 1 is 1.25 bits per heavy atom.